The lowest BCUT2D eigenvalue weighted by Crippen LogP contribution is -2.38. The molecule has 0 radical (unpaired) electrons. The Hall–Kier alpha value is -1.35. The van der Waals surface area contributed by atoms with Crippen LogP contribution in [-0.2, 0) is 16.6 Å². The van der Waals surface area contributed by atoms with Gasteiger partial charge in [-0.1, -0.05) is 37.5 Å². The third-order valence-corrected chi connectivity index (χ3v) is 4.94. The third kappa shape index (κ3) is 1.88. The minimum atomic E-state index is 0.0858. The zero-order valence-electron chi connectivity index (χ0n) is 11.6. The highest BCUT2D eigenvalue weighted by Gasteiger charge is 2.38. The van der Waals surface area contributed by atoms with Gasteiger partial charge in [0, 0.05) is 19.0 Å². The Balaban J connectivity index is 2.11. The Morgan fingerprint density at radius 3 is 2.68 bits per heavy atom. The van der Waals surface area contributed by atoms with Crippen molar-refractivity contribution in [2.45, 2.75) is 43.9 Å². The highest BCUT2D eigenvalue weighted by Crippen LogP contribution is 2.45. The molecule has 3 nitrogen and oxygen atoms in total. The number of carbonyl (C=O) groups is 1. The number of hydrogen-bond donors (Lipinski definition) is 1. The fourth-order valence-corrected chi connectivity index (χ4v) is 3.78. The summed E-state index contributed by atoms with van der Waals surface area (Å²) in [5, 5.41) is 0. The van der Waals surface area contributed by atoms with Crippen LogP contribution in [0, 0.1) is 0 Å². The predicted molar refractivity (Wildman–Crippen MR) is 77.4 cm³/mol. The lowest BCUT2D eigenvalue weighted by molar-refractivity contribution is -0.117. The van der Waals surface area contributed by atoms with Crippen LogP contribution < -0.4 is 10.6 Å². The smallest absolute Gasteiger partial charge is 0.231 e. The monoisotopic (exact) mass is 258 g/mol. The molecule has 1 heterocycles. The van der Waals surface area contributed by atoms with E-state index in [-0.39, 0.29) is 11.3 Å². The van der Waals surface area contributed by atoms with E-state index in [4.69, 9.17) is 5.73 Å². The van der Waals surface area contributed by atoms with Gasteiger partial charge in [-0.05, 0) is 24.0 Å². The summed E-state index contributed by atoms with van der Waals surface area (Å²) >= 11 is 0. The van der Waals surface area contributed by atoms with E-state index in [2.05, 4.69) is 18.2 Å². The van der Waals surface area contributed by atoms with E-state index < -0.39 is 0 Å². The molecule has 3 heteroatoms. The molecule has 0 saturated heterocycles. The van der Waals surface area contributed by atoms with Gasteiger partial charge in [0.1, 0.15) is 0 Å². The van der Waals surface area contributed by atoms with Gasteiger partial charge in [0.05, 0.1) is 12.1 Å². The molecule has 1 saturated carbocycles. The summed E-state index contributed by atoms with van der Waals surface area (Å²) in [6.45, 7) is 0.686. The molecule has 3 rings (SSSR count). The molecule has 2 N–H and O–H groups in total. The molecule has 0 bridgehead atoms. The molecule has 19 heavy (non-hydrogen) atoms. The molecule has 1 aliphatic carbocycles. The summed E-state index contributed by atoms with van der Waals surface area (Å²) < 4.78 is 0. The van der Waals surface area contributed by atoms with Gasteiger partial charge in [-0.15, -0.1) is 0 Å². The normalized spacial score (nSPS) is 21.6. The molecule has 1 aliphatic heterocycles. The maximum Gasteiger partial charge on any atom is 0.231 e. The van der Waals surface area contributed by atoms with Crippen LogP contribution >= 0.6 is 0 Å². The summed E-state index contributed by atoms with van der Waals surface area (Å²) in [7, 11) is 1.89. The molecule has 1 aromatic rings. The summed E-state index contributed by atoms with van der Waals surface area (Å²) in [6.07, 6.45) is 6.66. The number of hydrogen-bond acceptors (Lipinski definition) is 2. The zero-order chi connectivity index (χ0) is 13.5. The van der Waals surface area contributed by atoms with Crippen LogP contribution in [0.1, 0.15) is 43.2 Å². The van der Waals surface area contributed by atoms with Crippen LogP contribution in [-0.4, -0.2) is 19.5 Å². The predicted octanol–water partition coefficient (Wildman–Crippen LogP) is 2.37. The van der Waals surface area contributed by atoms with E-state index >= 15 is 0 Å². The lowest BCUT2D eigenvalue weighted by Gasteiger charge is -2.38. The quantitative estimate of drug-likeness (QED) is 0.885. The average molecular weight is 258 g/mol. The highest BCUT2D eigenvalue weighted by molar-refractivity contribution is 6.02. The maximum absolute atomic E-state index is 12.0. The number of likely N-dealkylation sites (N-methyl/N-ethyl adjacent to an activating group) is 1. The lowest BCUT2D eigenvalue weighted by atomic mass is 9.68. The Morgan fingerprint density at radius 1 is 1.26 bits per heavy atom. The van der Waals surface area contributed by atoms with E-state index in [1.165, 1.54) is 30.4 Å². The standard InChI is InChI=1S/C16H22N2O/c1-18-14(19)10-12-6-5-7-13(15(12)18)16(11-17)8-3-2-4-9-16/h5-7H,2-4,8-11,17H2,1H3. The number of nitrogens with two attached hydrogens (primary N) is 1. The van der Waals surface area contributed by atoms with Gasteiger partial charge >= 0.3 is 0 Å². The Bertz CT molecular complexity index is 503. The van der Waals surface area contributed by atoms with Crippen LogP contribution in [0.5, 0.6) is 0 Å². The number of benzene rings is 1. The van der Waals surface area contributed by atoms with E-state index in [0.29, 0.717) is 13.0 Å². The van der Waals surface area contributed by atoms with Crippen LogP contribution in [0.2, 0.25) is 0 Å². The molecule has 0 spiro atoms. The molecular formula is C16H22N2O. The molecule has 0 aromatic heterocycles. The van der Waals surface area contributed by atoms with Crippen molar-refractivity contribution in [3.63, 3.8) is 0 Å². The molecule has 0 atom stereocenters. The van der Waals surface area contributed by atoms with Gasteiger partial charge in [-0.2, -0.15) is 0 Å². The van der Waals surface area contributed by atoms with Crippen LogP contribution in [0.25, 0.3) is 0 Å². The first-order valence-corrected chi connectivity index (χ1v) is 7.27. The van der Waals surface area contributed by atoms with Gasteiger partial charge in [0.15, 0.2) is 0 Å². The zero-order valence-corrected chi connectivity index (χ0v) is 11.6. The first-order valence-electron chi connectivity index (χ1n) is 7.27. The molecule has 1 fully saturated rings. The minimum absolute atomic E-state index is 0.0858. The van der Waals surface area contributed by atoms with Crippen molar-refractivity contribution in [2.75, 3.05) is 18.5 Å². The number of fused-ring (bicyclic) bond motifs is 1. The van der Waals surface area contributed by atoms with Crippen molar-refractivity contribution in [1.82, 2.24) is 0 Å². The third-order valence-electron chi connectivity index (χ3n) is 4.94. The first kappa shape index (κ1) is 12.7. The number of nitrogens with zero attached hydrogens (tertiary/aromatic N) is 1. The number of amides is 1. The number of carbonyl (C=O) groups excluding carboxylic acids is 1. The molecule has 1 amide bonds. The van der Waals surface area contributed by atoms with Gasteiger partial charge in [-0.3, -0.25) is 4.79 Å². The molecule has 0 unspecified atom stereocenters. The van der Waals surface area contributed by atoms with Gasteiger partial charge in [0.2, 0.25) is 5.91 Å². The van der Waals surface area contributed by atoms with Crippen molar-refractivity contribution in [3.05, 3.63) is 29.3 Å². The number of rotatable bonds is 2. The molecular weight excluding hydrogens is 236 g/mol. The van der Waals surface area contributed by atoms with E-state index in [0.717, 1.165) is 18.5 Å². The summed E-state index contributed by atoms with van der Waals surface area (Å²) in [4.78, 5) is 13.8. The summed E-state index contributed by atoms with van der Waals surface area (Å²) in [6, 6.07) is 6.35. The average Bonchev–Trinajstić information content (AvgIpc) is 2.75. The second-order valence-corrected chi connectivity index (χ2v) is 5.99. The van der Waals surface area contributed by atoms with Gasteiger partial charge in [0.25, 0.3) is 0 Å². The Morgan fingerprint density at radius 2 is 2.00 bits per heavy atom. The molecule has 102 valence electrons. The van der Waals surface area contributed by atoms with E-state index in [1.54, 1.807) is 0 Å². The van der Waals surface area contributed by atoms with Crippen LogP contribution in [0.3, 0.4) is 0 Å². The Labute approximate surface area is 114 Å². The van der Waals surface area contributed by atoms with E-state index in [1.807, 2.05) is 11.9 Å². The van der Waals surface area contributed by atoms with Crippen molar-refractivity contribution in [2.24, 2.45) is 5.73 Å². The molecule has 1 aromatic carbocycles. The SMILES string of the molecule is CN1C(=O)Cc2cccc(C3(CN)CCCCC3)c21. The first-order chi connectivity index (χ1) is 9.18. The van der Waals surface area contributed by atoms with Gasteiger partial charge in [-0.25, -0.2) is 0 Å². The summed E-state index contributed by atoms with van der Waals surface area (Å²) in [5.74, 6) is 0.199. The highest BCUT2D eigenvalue weighted by atomic mass is 16.2. The van der Waals surface area contributed by atoms with Crippen molar-refractivity contribution in [3.8, 4) is 0 Å². The number of anilines is 1. The fourth-order valence-electron chi connectivity index (χ4n) is 3.78. The topological polar surface area (TPSA) is 46.3 Å². The largest absolute Gasteiger partial charge is 0.330 e. The minimum Gasteiger partial charge on any atom is -0.330 e. The second-order valence-electron chi connectivity index (χ2n) is 5.99. The van der Waals surface area contributed by atoms with Crippen molar-refractivity contribution in [1.29, 1.82) is 0 Å². The molecule has 2 aliphatic rings. The van der Waals surface area contributed by atoms with Crippen LogP contribution in [0.15, 0.2) is 18.2 Å². The van der Waals surface area contributed by atoms with E-state index in [9.17, 15) is 4.79 Å². The van der Waals surface area contributed by atoms with Crippen molar-refractivity contribution < 1.29 is 4.79 Å². The second kappa shape index (κ2) is 4.64. The number of para-hydroxylation sites is 1. The van der Waals surface area contributed by atoms with Gasteiger partial charge < -0.3 is 10.6 Å². The fraction of sp³-hybridized carbons (Fsp3) is 0.562. The summed E-state index contributed by atoms with van der Waals surface area (Å²) in [5.41, 5.74) is 9.84. The van der Waals surface area contributed by atoms with Crippen molar-refractivity contribution >= 4 is 11.6 Å². The Kier molecular flexibility index (Phi) is 3.09. The maximum atomic E-state index is 12.0. The van der Waals surface area contributed by atoms with Crippen LogP contribution in [0.4, 0.5) is 5.69 Å².